The number of ether oxygens (including phenoxy) is 2. The number of para-hydroxylation sites is 1. The van der Waals surface area contributed by atoms with Gasteiger partial charge >= 0.3 is 6.09 Å². The average Bonchev–Trinajstić information content (AvgIpc) is 3.13. The Morgan fingerprint density at radius 3 is 2.48 bits per heavy atom. The van der Waals surface area contributed by atoms with E-state index >= 15 is 4.39 Å². The van der Waals surface area contributed by atoms with Gasteiger partial charge in [-0.05, 0) is 81.1 Å². The maximum Gasteiger partial charge on any atom is 0.425 e. The first-order valence-corrected chi connectivity index (χ1v) is 18.1. The van der Waals surface area contributed by atoms with Crippen molar-refractivity contribution in [3.63, 3.8) is 0 Å². The highest BCUT2D eigenvalue weighted by Crippen LogP contribution is 2.30. The monoisotopic (exact) mass is 711 g/mol. The number of likely N-dealkylation sites (N-methyl/N-ethyl adjacent to an activating group) is 1. The van der Waals surface area contributed by atoms with E-state index in [0.717, 1.165) is 68.7 Å². The van der Waals surface area contributed by atoms with E-state index in [-0.39, 0.29) is 23.4 Å². The summed E-state index contributed by atoms with van der Waals surface area (Å²) < 4.78 is 26.8. The van der Waals surface area contributed by atoms with Gasteiger partial charge in [-0.2, -0.15) is 4.98 Å². The molecule has 2 heterocycles. The minimum absolute atomic E-state index is 0.0195. The molecule has 2 N–H and O–H groups in total. The number of anilines is 4. The lowest BCUT2D eigenvalue weighted by atomic mass is 10.1. The average molecular weight is 712 g/mol. The number of rotatable bonds is 16. The number of aromatic nitrogens is 2. The van der Waals surface area contributed by atoms with Gasteiger partial charge in [0.25, 0.3) is 0 Å². The minimum atomic E-state index is -0.670. The van der Waals surface area contributed by atoms with E-state index in [1.165, 1.54) is 17.2 Å². The Morgan fingerprint density at radius 1 is 0.962 bits per heavy atom. The molecule has 3 aromatic carbocycles. The zero-order valence-electron chi connectivity index (χ0n) is 30.7. The third-order valence-electron chi connectivity index (χ3n) is 8.97. The molecule has 12 heteroatoms. The number of carbonyl (C=O) groups excluding carboxylic acids is 2. The van der Waals surface area contributed by atoms with Crippen molar-refractivity contribution in [2.24, 2.45) is 0 Å². The smallest absolute Gasteiger partial charge is 0.425 e. The van der Waals surface area contributed by atoms with Gasteiger partial charge < -0.3 is 29.9 Å². The van der Waals surface area contributed by atoms with Crippen LogP contribution < -0.4 is 25.0 Å². The van der Waals surface area contributed by atoms with E-state index in [9.17, 15) is 9.59 Å². The van der Waals surface area contributed by atoms with E-state index in [1.54, 1.807) is 24.3 Å². The van der Waals surface area contributed by atoms with Crippen LogP contribution >= 0.6 is 0 Å². The maximum atomic E-state index is 15.1. The molecule has 0 atom stereocenters. The van der Waals surface area contributed by atoms with Gasteiger partial charge in [0, 0.05) is 69.7 Å². The largest absolute Gasteiger partial charge is 0.490 e. The van der Waals surface area contributed by atoms with Gasteiger partial charge in [-0.15, -0.1) is 0 Å². The van der Waals surface area contributed by atoms with E-state index < -0.39 is 11.9 Å². The molecule has 0 unspecified atom stereocenters. The first-order chi connectivity index (χ1) is 25.2. The highest BCUT2D eigenvalue weighted by molar-refractivity contribution is 5.96. The van der Waals surface area contributed by atoms with Crippen molar-refractivity contribution < 1.29 is 23.5 Å². The van der Waals surface area contributed by atoms with Gasteiger partial charge in [-0.25, -0.2) is 19.1 Å². The highest BCUT2D eigenvalue weighted by atomic mass is 19.1. The standard InChI is InChI=1S/C40H50FN7O4/c1-5-6-19-42-37(49)17-14-31-12-8-13-33(27-31)48(40(50)52-38-29(2)10-7-11-30(38)3)36-18-20-43-39(45-36)44-32-15-16-35(34(41)28-32)51-26-9-21-47-24-22-46(4)23-25-47/h7-8,10-13,15-16,18,20,27-28H,5-6,9,14,17,19,21-26H2,1-4H3,(H,42,49)(H,43,44,45). The van der Waals surface area contributed by atoms with E-state index in [2.05, 4.69) is 44.4 Å². The van der Waals surface area contributed by atoms with Gasteiger partial charge in [0.05, 0.1) is 12.3 Å². The van der Waals surface area contributed by atoms with Crippen LogP contribution in [0.25, 0.3) is 0 Å². The van der Waals surface area contributed by atoms with Gasteiger partial charge in [-0.1, -0.05) is 43.7 Å². The topological polar surface area (TPSA) is 112 Å². The number of carbonyl (C=O) groups is 2. The number of amides is 2. The molecular weight excluding hydrogens is 661 g/mol. The summed E-state index contributed by atoms with van der Waals surface area (Å²) in [7, 11) is 2.13. The molecule has 4 aromatic rings. The predicted molar refractivity (Wildman–Crippen MR) is 203 cm³/mol. The fourth-order valence-corrected chi connectivity index (χ4v) is 5.93. The normalized spacial score (nSPS) is 13.4. The Balaban J connectivity index is 1.30. The summed E-state index contributed by atoms with van der Waals surface area (Å²) in [6, 6.07) is 19.3. The number of hydrogen-bond acceptors (Lipinski definition) is 9. The van der Waals surface area contributed by atoms with Gasteiger partial charge in [-0.3, -0.25) is 4.79 Å². The molecule has 1 saturated heterocycles. The molecule has 2 amide bonds. The zero-order chi connectivity index (χ0) is 36.9. The molecule has 0 bridgehead atoms. The number of hydrogen-bond donors (Lipinski definition) is 2. The molecule has 11 nitrogen and oxygen atoms in total. The number of piperazine rings is 1. The fraction of sp³-hybridized carbons (Fsp3) is 0.400. The van der Waals surface area contributed by atoms with Crippen molar-refractivity contribution in [3.8, 4) is 11.5 Å². The van der Waals surface area contributed by atoms with Crippen molar-refractivity contribution in [1.82, 2.24) is 25.1 Å². The predicted octanol–water partition coefficient (Wildman–Crippen LogP) is 7.18. The SMILES string of the molecule is CCCCNC(=O)CCc1cccc(N(C(=O)Oc2c(C)cccc2C)c2ccnc(Nc3ccc(OCCCN4CCN(C)CC4)c(F)c3)n2)c1. The number of nitrogens with one attached hydrogen (secondary N) is 2. The Hall–Kier alpha value is -5.07. The van der Waals surface area contributed by atoms with Gasteiger partial charge in [0.2, 0.25) is 11.9 Å². The minimum Gasteiger partial charge on any atom is -0.490 e. The first-order valence-electron chi connectivity index (χ1n) is 18.1. The van der Waals surface area contributed by atoms with Gasteiger partial charge in [0.15, 0.2) is 11.6 Å². The number of aryl methyl sites for hydroxylation is 3. The summed E-state index contributed by atoms with van der Waals surface area (Å²) in [5.41, 5.74) is 3.42. The fourth-order valence-electron chi connectivity index (χ4n) is 5.93. The number of unbranched alkanes of at least 4 members (excludes halogenated alkanes) is 1. The molecule has 1 aromatic heterocycles. The first kappa shape index (κ1) is 38.2. The Kier molecular flexibility index (Phi) is 13.9. The Bertz CT molecular complexity index is 1780. The quantitative estimate of drug-likeness (QED) is 0.117. The summed E-state index contributed by atoms with van der Waals surface area (Å²) in [5.74, 6) is 0.509. The van der Waals surface area contributed by atoms with E-state index in [1.807, 2.05) is 50.2 Å². The highest BCUT2D eigenvalue weighted by Gasteiger charge is 2.24. The molecular formula is C40H50FN7O4. The third kappa shape index (κ3) is 11.0. The lowest BCUT2D eigenvalue weighted by molar-refractivity contribution is -0.121. The molecule has 0 saturated carbocycles. The number of benzene rings is 3. The molecule has 1 fully saturated rings. The molecule has 0 spiro atoms. The van der Waals surface area contributed by atoms with Crippen LogP contribution in [0.5, 0.6) is 11.5 Å². The lowest BCUT2D eigenvalue weighted by Gasteiger charge is -2.32. The summed E-state index contributed by atoms with van der Waals surface area (Å²) in [6.07, 6.45) is 4.40. The van der Waals surface area contributed by atoms with E-state index in [0.29, 0.717) is 43.1 Å². The Morgan fingerprint density at radius 2 is 1.73 bits per heavy atom. The number of nitrogens with zero attached hydrogens (tertiary/aromatic N) is 5. The van der Waals surface area contributed by atoms with Crippen LogP contribution in [0.4, 0.5) is 32.3 Å². The van der Waals surface area contributed by atoms with Crippen molar-refractivity contribution in [2.75, 3.05) is 63.1 Å². The Labute approximate surface area is 306 Å². The summed E-state index contributed by atoms with van der Waals surface area (Å²) >= 11 is 0. The third-order valence-corrected chi connectivity index (χ3v) is 8.97. The van der Waals surface area contributed by atoms with Crippen molar-refractivity contribution >= 4 is 35.1 Å². The molecule has 1 aliphatic heterocycles. The summed E-state index contributed by atoms with van der Waals surface area (Å²) in [5, 5.41) is 6.00. The van der Waals surface area contributed by atoms with Crippen molar-refractivity contribution in [2.45, 2.75) is 52.9 Å². The van der Waals surface area contributed by atoms with Crippen LogP contribution in [0.1, 0.15) is 49.3 Å². The second-order valence-electron chi connectivity index (χ2n) is 13.2. The molecule has 0 radical (unpaired) electrons. The van der Waals surface area contributed by atoms with Crippen LogP contribution in [0.3, 0.4) is 0 Å². The second kappa shape index (κ2) is 19.0. The van der Waals surface area contributed by atoms with Crippen LogP contribution in [-0.2, 0) is 11.2 Å². The van der Waals surface area contributed by atoms with Crippen molar-refractivity contribution in [1.29, 1.82) is 0 Å². The molecule has 1 aliphatic rings. The van der Waals surface area contributed by atoms with Crippen LogP contribution in [-0.4, -0.2) is 84.7 Å². The second-order valence-corrected chi connectivity index (χ2v) is 13.2. The van der Waals surface area contributed by atoms with Crippen LogP contribution in [0.15, 0.2) is 72.9 Å². The molecule has 276 valence electrons. The molecule has 5 rings (SSSR count). The zero-order valence-corrected chi connectivity index (χ0v) is 30.7. The van der Waals surface area contributed by atoms with Crippen molar-refractivity contribution in [3.05, 3.63) is 95.4 Å². The molecule has 0 aliphatic carbocycles. The maximum absolute atomic E-state index is 15.1. The molecule has 52 heavy (non-hydrogen) atoms. The summed E-state index contributed by atoms with van der Waals surface area (Å²) in [6.45, 7) is 12.0. The van der Waals surface area contributed by atoms with E-state index in [4.69, 9.17) is 9.47 Å². The number of halogens is 1. The summed E-state index contributed by atoms with van der Waals surface area (Å²) in [4.78, 5) is 41.5. The lowest BCUT2D eigenvalue weighted by Crippen LogP contribution is -2.44. The van der Waals surface area contributed by atoms with Gasteiger partial charge in [0.1, 0.15) is 11.6 Å². The van der Waals surface area contributed by atoms with Crippen LogP contribution in [0.2, 0.25) is 0 Å². The van der Waals surface area contributed by atoms with Crippen LogP contribution in [0, 0.1) is 19.7 Å².